The third-order valence-corrected chi connectivity index (χ3v) is 2.76. The molecule has 0 aromatic rings. The first-order valence-electron chi connectivity index (χ1n) is 3.61. The zero-order chi connectivity index (χ0) is 5.56. The van der Waals surface area contributed by atoms with Gasteiger partial charge in [-0.1, -0.05) is 6.92 Å². The van der Waals surface area contributed by atoms with Crippen molar-refractivity contribution in [1.82, 2.24) is 5.32 Å². The molecule has 1 aliphatic carbocycles. The molecule has 0 bridgehead atoms. The summed E-state index contributed by atoms with van der Waals surface area (Å²) >= 11 is 0. The Kier molecular flexibility index (Phi) is 0.884. The van der Waals surface area contributed by atoms with Gasteiger partial charge < -0.3 is 5.32 Å². The molecule has 2 unspecified atom stereocenters. The highest BCUT2D eigenvalue weighted by Crippen LogP contribution is 2.39. The second-order valence-electron chi connectivity index (χ2n) is 3.23. The third-order valence-electron chi connectivity index (χ3n) is 2.76. The number of hydrogen-bond acceptors (Lipinski definition) is 1. The summed E-state index contributed by atoms with van der Waals surface area (Å²) in [5.41, 5.74) is 0. The fraction of sp³-hybridized carbons (Fsp3) is 1.00. The fourth-order valence-electron chi connectivity index (χ4n) is 2.11. The number of fused-ring (bicyclic) bond motifs is 1. The predicted molar refractivity (Wildman–Crippen MR) is 33.7 cm³/mol. The summed E-state index contributed by atoms with van der Waals surface area (Å²) in [4.78, 5) is 0. The van der Waals surface area contributed by atoms with Crippen molar-refractivity contribution in [3.8, 4) is 0 Å². The van der Waals surface area contributed by atoms with Crippen molar-refractivity contribution in [2.75, 3.05) is 6.54 Å². The molecule has 1 N–H and O–H groups in total. The van der Waals surface area contributed by atoms with Crippen LogP contribution >= 0.6 is 0 Å². The smallest absolute Gasteiger partial charge is 0.0101 e. The molecule has 0 amide bonds. The highest BCUT2D eigenvalue weighted by atomic mass is 15.0. The highest BCUT2D eigenvalue weighted by molar-refractivity contribution is 4.96. The van der Waals surface area contributed by atoms with Crippen LogP contribution in [0.1, 0.15) is 19.8 Å². The zero-order valence-corrected chi connectivity index (χ0v) is 5.35. The van der Waals surface area contributed by atoms with E-state index in [2.05, 4.69) is 12.2 Å². The van der Waals surface area contributed by atoms with Gasteiger partial charge in [0.15, 0.2) is 0 Å². The molecule has 0 radical (unpaired) electrons. The van der Waals surface area contributed by atoms with Gasteiger partial charge in [-0.25, -0.2) is 0 Å². The van der Waals surface area contributed by atoms with E-state index in [-0.39, 0.29) is 0 Å². The maximum absolute atomic E-state index is 3.49. The third kappa shape index (κ3) is 0.455. The lowest BCUT2D eigenvalue weighted by Crippen LogP contribution is -2.41. The van der Waals surface area contributed by atoms with Crippen LogP contribution in [0.3, 0.4) is 0 Å². The number of hydrogen-bond donors (Lipinski definition) is 1. The Morgan fingerprint density at radius 2 is 2.38 bits per heavy atom. The molecule has 2 aliphatic rings. The summed E-state index contributed by atoms with van der Waals surface area (Å²) in [7, 11) is 0. The van der Waals surface area contributed by atoms with Crippen molar-refractivity contribution in [2.24, 2.45) is 11.8 Å². The summed E-state index contributed by atoms with van der Waals surface area (Å²) in [6.45, 7) is 3.65. The zero-order valence-electron chi connectivity index (χ0n) is 5.35. The molecular weight excluding hydrogens is 98.1 g/mol. The Morgan fingerprint density at radius 1 is 1.50 bits per heavy atom. The van der Waals surface area contributed by atoms with Crippen LogP contribution in [-0.4, -0.2) is 12.6 Å². The monoisotopic (exact) mass is 111 g/mol. The number of nitrogens with one attached hydrogen (secondary N) is 1. The Bertz CT molecular complexity index is 101. The van der Waals surface area contributed by atoms with Crippen molar-refractivity contribution >= 4 is 0 Å². The predicted octanol–water partition coefficient (Wildman–Crippen LogP) is 1.00. The van der Waals surface area contributed by atoms with Gasteiger partial charge in [0.05, 0.1) is 0 Å². The molecule has 8 heavy (non-hydrogen) atoms. The minimum atomic E-state index is 0.921. The van der Waals surface area contributed by atoms with Crippen LogP contribution in [0.5, 0.6) is 0 Å². The van der Waals surface area contributed by atoms with E-state index < -0.39 is 0 Å². The Morgan fingerprint density at radius 3 is 2.88 bits per heavy atom. The standard InChI is InChI=1S/C7H13N/c1-5-4-7-6(5)2-3-8-7/h5-8H,2-4H2,1H3/t5-,6?,7?/m1/s1. The average molecular weight is 111 g/mol. The van der Waals surface area contributed by atoms with Crippen molar-refractivity contribution in [3.05, 3.63) is 0 Å². The quantitative estimate of drug-likeness (QED) is 0.492. The SMILES string of the molecule is C[C@@H]1CC2NCCC21. The Hall–Kier alpha value is -0.0400. The van der Waals surface area contributed by atoms with E-state index in [4.69, 9.17) is 0 Å². The molecule has 0 aromatic carbocycles. The van der Waals surface area contributed by atoms with E-state index in [9.17, 15) is 0 Å². The number of rotatable bonds is 0. The maximum atomic E-state index is 3.49. The van der Waals surface area contributed by atoms with Gasteiger partial charge in [-0.3, -0.25) is 0 Å². The van der Waals surface area contributed by atoms with E-state index >= 15 is 0 Å². The summed E-state index contributed by atoms with van der Waals surface area (Å²) < 4.78 is 0. The van der Waals surface area contributed by atoms with Crippen LogP contribution < -0.4 is 5.32 Å². The van der Waals surface area contributed by atoms with Crippen molar-refractivity contribution in [2.45, 2.75) is 25.8 Å². The molecule has 1 heteroatoms. The minimum absolute atomic E-state index is 0.921. The molecule has 2 fully saturated rings. The molecule has 1 saturated heterocycles. The first-order chi connectivity index (χ1) is 3.88. The van der Waals surface area contributed by atoms with Gasteiger partial charge in [-0.15, -0.1) is 0 Å². The fourth-order valence-corrected chi connectivity index (χ4v) is 2.11. The second-order valence-corrected chi connectivity index (χ2v) is 3.23. The molecule has 3 atom stereocenters. The molecule has 0 spiro atoms. The lowest BCUT2D eigenvalue weighted by molar-refractivity contribution is 0.169. The van der Waals surface area contributed by atoms with Crippen molar-refractivity contribution in [1.29, 1.82) is 0 Å². The van der Waals surface area contributed by atoms with Gasteiger partial charge in [0, 0.05) is 6.04 Å². The second kappa shape index (κ2) is 1.47. The average Bonchev–Trinajstić information content (AvgIpc) is 2.09. The van der Waals surface area contributed by atoms with Crippen molar-refractivity contribution in [3.63, 3.8) is 0 Å². The summed E-state index contributed by atoms with van der Waals surface area (Å²) in [5, 5.41) is 3.49. The molecule has 1 aliphatic heterocycles. The molecule has 1 nitrogen and oxygen atoms in total. The van der Waals surface area contributed by atoms with E-state index in [0.29, 0.717) is 0 Å². The first-order valence-corrected chi connectivity index (χ1v) is 3.61. The molecule has 1 heterocycles. The van der Waals surface area contributed by atoms with Gasteiger partial charge in [0.1, 0.15) is 0 Å². The molecule has 1 saturated carbocycles. The van der Waals surface area contributed by atoms with Crippen LogP contribution in [0, 0.1) is 11.8 Å². The lowest BCUT2D eigenvalue weighted by Gasteiger charge is -2.37. The van der Waals surface area contributed by atoms with E-state index in [1.54, 1.807) is 0 Å². The van der Waals surface area contributed by atoms with Gasteiger partial charge in [0.25, 0.3) is 0 Å². The highest BCUT2D eigenvalue weighted by Gasteiger charge is 2.40. The lowest BCUT2D eigenvalue weighted by atomic mass is 9.71. The van der Waals surface area contributed by atoms with Gasteiger partial charge in [0.2, 0.25) is 0 Å². The minimum Gasteiger partial charge on any atom is -0.314 e. The van der Waals surface area contributed by atoms with E-state index in [1.807, 2.05) is 0 Å². The molecule has 0 aromatic heterocycles. The van der Waals surface area contributed by atoms with Crippen LogP contribution in [0.4, 0.5) is 0 Å². The topological polar surface area (TPSA) is 12.0 Å². The van der Waals surface area contributed by atoms with Gasteiger partial charge in [-0.05, 0) is 31.2 Å². The van der Waals surface area contributed by atoms with E-state index in [1.165, 1.54) is 19.4 Å². The van der Waals surface area contributed by atoms with Crippen LogP contribution in [0.15, 0.2) is 0 Å². The van der Waals surface area contributed by atoms with E-state index in [0.717, 1.165) is 17.9 Å². The normalized spacial score (nSPS) is 52.9. The largest absolute Gasteiger partial charge is 0.314 e. The molecule has 46 valence electrons. The van der Waals surface area contributed by atoms with Crippen LogP contribution in [0.25, 0.3) is 0 Å². The van der Waals surface area contributed by atoms with Gasteiger partial charge >= 0.3 is 0 Å². The Balaban J connectivity index is 2.02. The van der Waals surface area contributed by atoms with Crippen LogP contribution in [-0.2, 0) is 0 Å². The summed E-state index contributed by atoms with van der Waals surface area (Å²) in [6.07, 6.45) is 2.87. The van der Waals surface area contributed by atoms with Gasteiger partial charge in [-0.2, -0.15) is 0 Å². The van der Waals surface area contributed by atoms with Crippen molar-refractivity contribution < 1.29 is 0 Å². The molecular formula is C7H13N. The molecule has 2 rings (SSSR count). The van der Waals surface area contributed by atoms with Crippen LogP contribution in [0.2, 0.25) is 0 Å². The summed E-state index contributed by atoms with van der Waals surface area (Å²) in [6, 6.07) is 0.921. The summed E-state index contributed by atoms with van der Waals surface area (Å²) in [5.74, 6) is 2.07. The first kappa shape index (κ1) is 4.80. The maximum Gasteiger partial charge on any atom is 0.0101 e. The Labute approximate surface area is 50.5 Å².